The molecule has 21 heavy (non-hydrogen) atoms. The van der Waals surface area contributed by atoms with Gasteiger partial charge < -0.3 is 14.6 Å². The SMILES string of the molecule is COC(=O)C(C(=O)OC)c1cccc([N+](=O)[O-])c1C(=O)O. The summed E-state index contributed by atoms with van der Waals surface area (Å²) in [6, 6.07) is 3.24. The summed E-state index contributed by atoms with van der Waals surface area (Å²) < 4.78 is 8.84. The van der Waals surface area contributed by atoms with E-state index in [0.29, 0.717) is 0 Å². The summed E-state index contributed by atoms with van der Waals surface area (Å²) in [6.45, 7) is 0. The van der Waals surface area contributed by atoms with Crippen LogP contribution in [0, 0.1) is 10.1 Å². The molecule has 1 aromatic carbocycles. The number of methoxy groups -OCH3 is 2. The Hall–Kier alpha value is -2.97. The Morgan fingerprint density at radius 3 is 2.10 bits per heavy atom. The minimum absolute atomic E-state index is 0.365. The van der Waals surface area contributed by atoms with Crippen molar-refractivity contribution in [3.63, 3.8) is 0 Å². The Morgan fingerprint density at radius 2 is 1.71 bits per heavy atom. The molecule has 0 fully saturated rings. The number of ether oxygens (including phenoxy) is 2. The standard InChI is InChI=1S/C12H11NO8/c1-20-11(16)9(12(17)21-2)6-4-3-5-7(13(18)19)8(6)10(14)15/h3-5,9H,1-2H3,(H,14,15). The minimum atomic E-state index is -1.72. The van der Waals surface area contributed by atoms with Crippen molar-refractivity contribution < 1.29 is 33.9 Å². The number of aromatic carboxylic acids is 1. The molecule has 9 heteroatoms. The zero-order valence-electron chi connectivity index (χ0n) is 11.1. The molecule has 0 unspecified atom stereocenters. The third kappa shape index (κ3) is 3.14. The molecule has 1 rings (SSSR count). The van der Waals surface area contributed by atoms with E-state index in [2.05, 4.69) is 9.47 Å². The predicted octanol–water partition coefficient (Wildman–Crippen LogP) is 0.723. The van der Waals surface area contributed by atoms with Crippen LogP contribution >= 0.6 is 0 Å². The highest BCUT2D eigenvalue weighted by molar-refractivity contribution is 6.05. The topological polar surface area (TPSA) is 133 Å². The Balaban J connectivity index is 3.62. The monoisotopic (exact) mass is 297 g/mol. The van der Waals surface area contributed by atoms with Gasteiger partial charge in [0.1, 0.15) is 5.56 Å². The van der Waals surface area contributed by atoms with E-state index in [9.17, 15) is 24.5 Å². The highest BCUT2D eigenvalue weighted by atomic mass is 16.6. The van der Waals surface area contributed by atoms with E-state index in [0.717, 1.165) is 26.4 Å². The van der Waals surface area contributed by atoms with Gasteiger partial charge in [-0.2, -0.15) is 0 Å². The van der Waals surface area contributed by atoms with Gasteiger partial charge in [-0.25, -0.2) is 4.79 Å². The van der Waals surface area contributed by atoms with Gasteiger partial charge in [0.15, 0.2) is 5.92 Å². The van der Waals surface area contributed by atoms with Crippen LogP contribution in [0.3, 0.4) is 0 Å². The second kappa shape index (κ2) is 6.46. The van der Waals surface area contributed by atoms with Crippen LogP contribution in [0.15, 0.2) is 18.2 Å². The smallest absolute Gasteiger partial charge is 0.343 e. The maximum Gasteiger partial charge on any atom is 0.343 e. The molecule has 1 N–H and O–H groups in total. The lowest BCUT2D eigenvalue weighted by atomic mass is 9.93. The van der Waals surface area contributed by atoms with E-state index in [1.54, 1.807) is 0 Å². The molecule has 0 aromatic heterocycles. The first-order valence-electron chi connectivity index (χ1n) is 5.51. The van der Waals surface area contributed by atoms with E-state index >= 15 is 0 Å². The first kappa shape index (κ1) is 16.1. The Bertz CT molecular complexity index is 593. The van der Waals surface area contributed by atoms with Crippen molar-refractivity contribution in [1.82, 2.24) is 0 Å². The Kier molecular flexibility index (Phi) is 4.95. The van der Waals surface area contributed by atoms with Gasteiger partial charge in [-0.1, -0.05) is 12.1 Å². The number of carbonyl (C=O) groups excluding carboxylic acids is 2. The maximum absolute atomic E-state index is 11.7. The Labute approximate surface area is 118 Å². The van der Waals surface area contributed by atoms with Gasteiger partial charge in [0, 0.05) is 6.07 Å². The van der Waals surface area contributed by atoms with Gasteiger partial charge in [-0.05, 0) is 5.56 Å². The summed E-state index contributed by atoms with van der Waals surface area (Å²) in [4.78, 5) is 44.6. The lowest BCUT2D eigenvalue weighted by Gasteiger charge is -2.14. The Morgan fingerprint density at radius 1 is 1.19 bits per heavy atom. The maximum atomic E-state index is 11.7. The molecule has 112 valence electrons. The molecule has 1 aromatic rings. The number of esters is 2. The van der Waals surface area contributed by atoms with Crippen LogP contribution in [0.5, 0.6) is 0 Å². The van der Waals surface area contributed by atoms with Gasteiger partial charge in [-0.15, -0.1) is 0 Å². The first-order chi connectivity index (χ1) is 9.84. The molecular formula is C12H11NO8. The van der Waals surface area contributed by atoms with Gasteiger partial charge in [-0.3, -0.25) is 19.7 Å². The van der Waals surface area contributed by atoms with Gasteiger partial charge in [0.25, 0.3) is 5.69 Å². The van der Waals surface area contributed by atoms with Gasteiger partial charge >= 0.3 is 17.9 Å². The van der Waals surface area contributed by atoms with Crippen LogP contribution in [0.2, 0.25) is 0 Å². The first-order valence-corrected chi connectivity index (χ1v) is 5.51. The predicted molar refractivity (Wildman–Crippen MR) is 66.8 cm³/mol. The van der Waals surface area contributed by atoms with Crippen molar-refractivity contribution in [3.05, 3.63) is 39.4 Å². The third-order valence-electron chi connectivity index (χ3n) is 2.67. The summed E-state index contributed by atoms with van der Waals surface area (Å²) in [7, 11) is 1.99. The van der Waals surface area contributed by atoms with Crippen LogP contribution in [0.4, 0.5) is 5.69 Å². The second-order valence-corrected chi connectivity index (χ2v) is 3.78. The average Bonchev–Trinajstić information content (AvgIpc) is 2.46. The molecule has 9 nitrogen and oxygen atoms in total. The molecule has 0 bridgehead atoms. The normalized spacial score (nSPS) is 10.0. The van der Waals surface area contributed by atoms with Crippen molar-refractivity contribution in [2.45, 2.75) is 5.92 Å². The molecule has 0 spiro atoms. The molecule has 0 radical (unpaired) electrons. The van der Waals surface area contributed by atoms with Crippen molar-refractivity contribution in [2.24, 2.45) is 0 Å². The number of hydrogen-bond donors (Lipinski definition) is 1. The zero-order valence-corrected chi connectivity index (χ0v) is 11.1. The van der Waals surface area contributed by atoms with Crippen molar-refractivity contribution in [3.8, 4) is 0 Å². The number of rotatable bonds is 5. The van der Waals surface area contributed by atoms with Gasteiger partial charge in [0.05, 0.1) is 19.1 Å². The average molecular weight is 297 g/mol. The summed E-state index contributed by atoms with van der Waals surface area (Å²) in [5.41, 5.74) is -1.86. The molecule has 0 aliphatic rings. The van der Waals surface area contributed by atoms with Crippen LogP contribution in [0.1, 0.15) is 21.8 Å². The molecule has 0 saturated carbocycles. The summed E-state index contributed by atoms with van der Waals surface area (Å²) >= 11 is 0. The summed E-state index contributed by atoms with van der Waals surface area (Å²) in [5, 5.41) is 20.0. The molecule has 0 aliphatic carbocycles. The van der Waals surface area contributed by atoms with E-state index < -0.39 is 40.0 Å². The van der Waals surface area contributed by atoms with Gasteiger partial charge in [0.2, 0.25) is 0 Å². The summed E-state index contributed by atoms with van der Waals surface area (Å²) in [6.07, 6.45) is 0. The van der Waals surface area contributed by atoms with Crippen LogP contribution < -0.4 is 0 Å². The number of hydrogen-bond acceptors (Lipinski definition) is 7. The van der Waals surface area contributed by atoms with Crippen LogP contribution in [-0.4, -0.2) is 42.2 Å². The molecule has 0 saturated heterocycles. The number of nitro groups is 1. The number of nitro benzene ring substituents is 1. The fourth-order valence-corrected chi connectivity index (χ4v) is 1.77. The number of carboxylic acid groups (broad SMARTS) is 1. The highest BCUT2D eigenvalue weighted by Gasteiger charge is 2.37. The van der Waals surface area contributed by atoms with Crippen molar-refractivity contribution in [2.75, 3.05) is 14.2 Å². The molecule has 0 aliphatic heterocycles. The molecule has 0 atom stereocenters. The number of nitrogens with zero attached hydrogens (tertiary/aromatic N) is 1. The van der Waals surface area contributed by atoms with Crippen molar-refractivity contribution in [1.29, 1.82) is 0 Å². The number of benzene rings is 1. The largest absolute Gasteiger partial charge is 0.477 e. The molecule has 0 amide bonds. The lowest BCUT2D eigenvalue weighted by Crippen LogP contribution is -2.26. The summed E-state index contributed by atoms with van der Waals surface area (Å²) in [5.74, 6) is -5.52. The van der Waals surface area contributed by atoms with Crippen molar-refractivity contribution >= 4 is 23.6 Å². The quantitative estimate of drug-likeness (QED) is 0.364. The molecular weight excluding hydrogens is 286 g/mol. The fraction of sp³-hybridized carbons (Fsp3) is 0.250. The third-order valence-corrected chi connectivity index (χ3v) is 2.67. The number of carboxylic acids is 1. The van der Waals surface area contributed by atoms with E-state index in [1.807, 2.05) is 0 Å². The van der Waals surface area contributed by atoms with Crippen LogP contribution in [-0.2, 0) is 19.1 Å². The minimum Gasteiger partial charge on any atom is -0.477 e. The lowest BCUT2D eigenvalue weighted by molar-refractivity contribution is -0.385. The van der Waals surface area contributed by atoms with E-state index in [1.165, 1.54) is 6.07 Å². The highest BCUT2D eigenvalue weighted by Crippen LogP contribution is 2.29. The molecule has 0 heterocycles. The fourth-order valence-electron chi connectivity index (χ4n) is 1.77. The second-order valence-electron chi connectivity index (χ2n) is 3.78. The number of carbonyl (C=O) groups is 3. The van der Waals surface area contributed by atoms with E-state index in [4.69, 9.17) is 5.11 Å². The van der Waals surface area contributed by atoms with E-state index in [-0.39, 0.29) is 5.56 Å². The zero-order chi connectivity index (χ0) is 16.2. The van der Waals surface area contributed by atoms with Crippen LogP contribution in [0.25, 0.3) is 0 Å².